The van der Waals surface area contributed by atoms with Crippen LogP contribution >= 0.6 is 0 Å². The van der Waals surface area contributed by atoms with E-state index in [9.17, 15) is 9.59 Å². The van der Waals surface area contributed by atoms with E-state index in [0.717, 1.165) is 37.1 Å². The first kappa shape index (κ1) is 19.1. The van der Waals surface area contributed by atoms with Crippen LogP contribution in [0.5, 0.6) is 0 Å². The van der Waals surface area contributed by atoms with E-state index in [-0.39, 0.29) is 18.6 Å². The predicted octanol–water partition coefficient (Wildman–Crippen LogP) is 3.11. The first-order chi connectivity index (χ1) is 13.0. The molecule has 1 aromatic heterocycles. The van der Waals surface area contributed by atoms with E-state index in [0.29, 0.717) is 17.8 Å². The molecular weight excluding hydrogens is 342 g/mol. The van der Waals surface area contributed by atoms with Gasteiger partial charge in [-0.2, -0.15) is 5.10 Å². The second-order valence-corrected chi connectivity index (χ2v) is 7.20. The van der Waals surface area contributed by atoms with Gasteiger partial charge in [0.2, 0.25) is 0 Å². The van der Waals surface area contributed by atoms with Crippen molar-refractivity contribution in [3.8, 4) is 0 Å². The summed E-state index contributed by atoms with van der Waals surface area (Å²) < 4.78 is 7.13. The Hall–Kier alpha value is -2.63. The molecule has 144 valence electrons. The number of aryl methyl sites for hydroxylation is 1. The number of rotatable bonds is 5. The zero-order valence-electron chi connectivity index (χ0n) is 16.3. The van der Waals surface area contributed by atoms with E-state index < -0.39 is 5.97 Å². The summed E-state index contributed by atoms with van der Waals surface area (Å²) in [6.45, 7) is 6.80. The van der Waals surface area contributed by atoms with Crippen LogP contribution < -0.4 is 0 Å². The van der Waals surface area contributed by atoms with Crippen LogP contribution in [0, 0.1) is 13.8 Å². The Bertz CT molecular complexity index is 814. The summed E-state index contributed by atoms with van der Waals surface area (Å²) in [7, 11) is 0. The molecule has 6 nitrogen and oxygen atoms in total. The van der Waals surface area contributed by atoms with E-state index in [2.05, 4.69) is 5.10 Å². The molecule has 6 heteroatoms. The van der Waals surface area contributed by atoms with E-state index in [1.165, 1.54) is 0 Å². The van der Waals surface area contributed by atoms with E-state index >= 15 is 0 Å². The summed E-state index contributed by atoms with van der Waals surface area (Å²) in [5.74, 6) is -0.607. The molecule has 2 heterocycles. The van der Waals surface area contributed by atoms with Crippen LogP contribution in [0.3, 0.4) is 0 Å². The molecule has 0 saturated carbocycles. The third-order valence-electron chi connectivity index (χ3n) is 5.21. The van der Waals surface area contributed by atoms with Crippen LogP contribution in [0.2, 0.25) is 0 Å². The molecule has 1 saturated heterocycles. The summed E-state index contributed by atoms with van der Waals surface area (Å²) in [4.78, 5) is 26.8. The quantitative estimate of drug-likeness (QED) is 0.760. The van der Waals surface area contributed by atoms with Crippen LogP contribution in [-0.4, -0.2) is 45.8 Å². The van der Waals surface area contributed by atoms with E-state index in [4.69, 9.17) is 4.74 Å². The normalized spacial score (nSPS) is 17.0. The van der Waals surface area contributed by atoms with Gasteiger partial charge < -0.3 is 9.64 Å². The Balaban J connectivity index is 1.65. The Morgan fingerprint density at radius 3 is 2.63 bits per heavy atom. The fourth-order valence-corrected chi connectivity index (χ4v) is 3.65. The lowest BCUT2D eigenvalue weighted by Crippen LogP contribution is -2.44. The number of esters is 1. The fraction of sp³-hybridized carbons (Fsp3) is 0.476. The minimum Gasteiger partial charge on any atom is -0.452 e. The zero-order valence-corrected chi connectivity index (χ0v) is 16.3. The number of amides is 1. The first-order valence-electron chi connectivity index (χ1n) is 9.52. The summed E-state index contributed by atoms with van der Waals surface area (Å²) in [5.41, 5.74) is 2.93. The number of hydrogen-bond donors (Lipinski definition) is 0. The summed E-state index contributed by atoms with van der Waals surface area (Å²) in [6.07, 6.45) is 3.16. The van der Waals surface area contributed by atoms with Gasteiger partial charge in [0.1, 0.15) is 5.56 Å². The summed E-state index contributed by atoms with van der Waals surface area (Å²) in [6, 6.07) is 10.2. The average molecular weight is 369 g/mol. The van der Waals surface area contributed by atoms with Crippen LogP contribution in [0.15, 0.2) is 30.3 Å². The molecule has 2 aromatic rings. The number of carbonyl (C=O) groups excluding carboxylic acids is 2. The molecule has 1 fully saturated rings. The predicted molar refractivity (Wildman–Crippen MR) is 103 cm³/mol. The smallest absolute Gasteiger partial charge is 0.342 e. The molecule has 1 aliphatic rings. The average Bonchev–Trinajstić information content (AvgIpc) is 2.94. The SMILES string of the molecule is Cc1nn(Cc2ccccc2)c(C)c1C(=O)OCC(=O)N1CCCC[C@H]1C. The topological polar surface area (TPSA) is 64.4 Å². The molecule has 0 N–H and O–H groups in total. The van der Waals surface area contributed by atoms with Gasteiger partial charge in [-0.25, -0.2) is 4.79 Å². The molecule has 0 radical (unpaired) electrons. The van der Waals surface area contributed by atoms with Gasteiger partial charge in [-0.1, -0.05) is 30.3 Å². The molecule has 0 bridgehead atoms. The Labute approximate surface area is 160 Å². The minimum atomic E-state index is -0.484. The molecule has 0 unspecified atom stereocenters. The molecule has 1 atom stereocenters. The lowest BCUT2D eigenvalue weighted by Gasteiger charge is -2.33. The number of aromatic nitrogens is 2. The second-order valence-electron chi connectivity index (χ2n) is 7.20. The van der Waals surface area contributed by atoms with Crippen molar-refractivity contribution in [2.75, 3.05) is 13.2 Å². The van der Waals surface area contributed by atoms with Gasteiger partial charge in [-0.15, -0.1) is 0 Å². The highest BCUT2D eigenvalue weighted by Crippen LogP contribution is 2.18. The lowest BCUT2D eigenvalue weighted by molar-refractivity contribution is -0.137. The number of carbonyl (C=O) groups is 2. The van der Waals surface area contributed by atoms with Crippen molar-refractivity contribution in [1.82, 2.24) is 14.7 Å². The maximum absolute atomic E-state index is 12.6. The highest BCUT2D eigenvalue weighted by atomic mass is 16.5. The van der Waals surface area contributed by atoms with Crippen molar-refractivity contribution in [3.05, 3.63) is 52.8 Å². The minimum absolute atomic E-state index is 0.123. The van der Waals surface area contributed by atoms with Crippen LogP contribution in [0.25, 0.3) is 0 Å². The molecule has 1 aliphatic heterocycles. The fourth-order valence-electron chi connectivity index (χ4n) is 3.65. The van der Waals surface area contributed by atoms with Crippen molar-refractivity contribution in [2.45, 2.75) is 52.6 Å². The number of hydrogen-bond acceptors (Lipinski definition) is 4. The van der Waals surface area contributed by atoms with Gasteiger partial charge in [0.15, 0.2) is 6.61 Å². The monoisotopic (exact) mass is 369 g/mol. The molecular formula is C21H27N3O3. The Kier molecular flexibility index (Phi) is 5.94. The van der Waals surface area contributed by atoms with Crippen molar-refractivity contribution >= 4 is 11.9 Å². The highest BCUT2D eigenvalue weighted by Gasteiger charge is 2.26. The van der Waals surface area contributed by atoms with Crippen molar-refractivity contribution in [3.63, 3.8) is 0 Å². The van der Waals surface area contributed by atoms with Crippen molar-refractivity contribution in [1.29, 1.82) is 0 Å². The molecule has 0 spiro atoms. The lowest BCUT2D eigenvalue weighted by atomic mass is 10.0. The zero-order chi connectivity index (χ0) is 19.4. The molecule has 0 aliphatic carbocycles. The third-order valence-corrected chi connectivity index (χ3v) is 5.21. The van der Waals surface area contributed by atoms with E-state index in [1.54, 1.807) is 11.6 Å². The highest BCUT2D eigenvalue weighted by molar-refractivity contribution is 5.93. The number of piperidine rings is 1. The van der Waals surface area contributed by atoms with Gasteiger partial charge in [-0.3, -0.25) is 9.48 Å². The number of benzene rings is 1. The van der Waals surface area contributed by atoms with E-state index in [1.807, 2.05) is 49.1 Å². The molecule has 27 heavy (non-hydrogen) atoms. The number of likely N-dealkylation sites (tertiary alicyclic amines) is 1. The maximum atomic E-state index is 12.6. The molecule has 1 amide bonds. The summed E-state index contributed by atoms with van der Waals surface area (Å²) in [5, 5.41) is 4.48. The first-order valence-corrected chi connectivity index (χ1v) is 9.52. The van der Waals surface area contributed by atoms with Gasteiger partial charge in [0.25, 0.3) is 5.91 Å². The standard InChI is InChI=1S/C21H27N3O3/c1-15-9-7-8-12-23(15)19(25)14-27-21(26)20-16(2)22-24(17(20)3)13-18-10-5-4-6-11-18/h4-6,10-11,15H,7-9,12-14H2,1-3H3/t15-/m1/s1. The van der Waals surface area contributed by atoms with Gasteiger partial charge in [0, 0.05) is 12.6 Å². The maximum Gasteiger partial charge on any atom is 0.342 e. The summed E-state index contributed by atoms with van der Waals surface area (Å²) >= 11 is 0. The van der Waals surface area contributed by atoms with Crippen LogP contribution in [-0.2, 0) is 16.1 Å². The van der Waals surface area contributed by atoms with Gasteiger partial charge in [0.05, 0.1) is 17.9 Å². The third kappa shape index (κ3) is 4.38. The van der Waals surface area contributed by atoms with Crippen LogP contribution in [0.4, 0.5) is 0 Å². The Morgan fingerprint density at radius 1 is 1.19 bits per heavy atom. The Morgan fingerprint density at radius 2 is 1.93 bits per heavy atom. The molecule has 3 rings (SSSR count). The largest absolute Gasteiger partial charge is 0.452 e. The second kappa shape index (κ2) is 8.37. The number of ether oxygens (including phenoxy) is 1. The van der Waals surface area contributed by atoms with Crippen LogP contribution in [0.1, 0.15) is 53.5 Å². The van der Waals surface area contributed by atoms with Gasteiger partial charge >= 0.3 is 5.97 Å². The van der Waals surface area contributed by atoms with Crippen molar-refractivity contribution in [2.24, 2.45) is 0 Å². The molecule has 1 aromatic carbocycles. The van der Waals surface area contributed by atoms with Gasteiger partial charge in [-0.05, 0) is 45.6 Å². The number of nitrogens with zero attached hydrogens (tertiary/aromatic N) is 3. The van der Waals surface area contributed by atoms with Crippen molar-refractivity contribution < 1.29 is 14.3 Å².